The van der Waals surface area contributed by atoms with Crippen LogP contribution in [-0.2, 0) is 12.2 Å². The Kier molecular flexibility index (Phi) is 6.43. The van der Waals surface area contributed by atoms with Crippen LogP contribution in [0.4, 0.5) is 0 Å². The second-order valence-electron chi connectivity index (χ2n) is 7.33. The van der Waals surface area contributed by atoms with E-state index in [4.69, 9.17) is 21.0 Å². The SMILES string of the molecule is CCc1nnc(CSc2nc3cc(Cl)ccc3c(=O)n2-c2ccc(C(C)CC)cc2)o1. The Hall–Kier alpha value is -2.64. The van der Waals surface area contributed by atoms with Crippen molar-refractivity contribution in [2.45, 2.75) is 50.4 Å². The summed E-state index contributed by atoms with van der Waals surface area (Å²) in [5, 5.41) is 9.68. The van der Waals surface area contributed by atoms with E-state index in [2.05, 4.69) is 36.2 Å². The van der Waals surface area contributed by atoms with Crippen LogP contribution in [0, 0.1) is 0 Å². The molecule has 0 aliphatic heterocycles. The van der Waals surface area contributed by atoms with Gasteiger partial charge in [-0.05, 0) is 48.2 Å². The van der Waals surface area contributed by atoms with Crippen LogP contribution < -0.4 is 5.56 Å². The number of rotatable bonds is 7. The van der Waals surface area contributed by atoms with Gasteiger partial charge in [0.05, 0.1) is 22.3 Å². The Morgan fingerprint density at radius 3 is 2.52 bits per heavy atom. The molecule has 0 fully saturated rings. The first kappa shape index (κ1) is 21.6. The quantitative estimate of drug-likeness (QED) is 0.260. The maximum atomic E-state index is 13.4. The van der Waals surface area contributed by atoms with Gasteiger partial charge >= 0.3 is 0 Å². The zero-order valence-corrected chi connectivity index (χ0v) is 19.2. The molecule has 0 spiro atoms. The van der Waals surface area contributed by atoms with Crippen molar-refractivity contribution in [2.24, 2.45) is 0 Å². The second-order valence-corrected chi connectivity index (χ2v) is 8.71. The Labute approximate surface area is 189 Å². The standard InChI is InChI=1S/C23H23ClN4O2S/c1-4-14(3)15-6-9-17(10-7-15)28-22(29)18-11-8-16(24)12-19(18)25-23(28)31-13-21-27-26-20(5-2)30-21/h6-12,14H,4-5,13H2,1-3H3. The summed E-state index contributed by atoms with van der Waals surface area (Å²) in [5.74, 6) is 1.96. The van der Waals surface area contributed by atoms with E-state index in [0.717, 1.165) is 12.1 Å². The zero-order valence-electron chi connectivity index (χ0n) is 17.6. The Bertz CT molecular complexity index is 1270. The normalized spacial score (nSPS) is 12.4. The molecular formula is C23H23ClN4O2S. The summed E-state index contributed by atoms with van der Waals surface area (Å²) in [6.07, 6.45) is 1.74. The van der Waals surface area contributed by atoms with Crippen molar-refractivity contribution in [1.29, 1.82) is 0 Å². The Morgan fingerprint density at radius 2 is 1.84 bits per heavy atom. The highest BCUT2D eigenvalue weighted by atomic mass is 35.5. The van der Waals surface area contributed by atoms with Gasteiger partial charge in [-0.25, -0.2) is 4.98 Å². The van der Waals surface area contributed by atoms with E-state index >= 15 is 0 Å². The van der Waals surface area contributed by atoms with Crippen LogP contribution in [0.1, 0.15) is 50.5 Å². The van der Waals surface area contributed by atoms with E-state index in [0.29, 0.717) is 51.0 Å². The number of hydrogen-bond acceptors (Lipinski definition) is 6. The van der Waals surface area contributed by atoms with E-state index in [1.807, 2.05) is 19.1 Å². The number of thioether (sulfide) groups is 1. The van der Waals surface area contributed by atoms with Crippen molar-refractivity contribution in [3.8, 4) is 5.69 Å². The molecule has 160 valence electrons. The van der Waals surface area contributed by atoms with Gasteiger partial charge < -0.3 is 4.42 Å². The highest BCUT2D eigenvalue weighted by Crippen LogP contribution is 2.27. The van der Waals surface area contributed by atoms with Crippen LogP contribution in [0.5, 0.6) is 0 Å². The maximum Gasteiger partial charge on any atom is 0.266 e. The lowest BCUT2D eigenvalue weighted by Crippen LogP contribution is -2.21. The summed E-state index contributed by atoms with van der Waals surface area (Å²) >= 11 is 7.52. The van der Waals surface area contributed by atoms with Gasteiger partial charge in [0.2, 0.25) is 11.8 Å². The van der Waals surface area contributed by atoms with Crippen LogP contribution in [0.25, 0.3) is 16.6 Å². The molecule has 1 atom stereocenters. The molecule has 0 saturated heterocycles. The van der Waals surface area contributed by atoms with E-state index in [-0.39, 0.29) is 5.56 Å². The molecule has 2 heterocycles. The number of aryl methyl sites for hydroxylation is 1. The first-order valence-corrected chi connectivity index (χ1v) is 11.6. The van der Waals surface area contributed by atoms with Crippen LogP contribution >= 0.6 is 23.4 Å². The van der Waals surface area contributed by atoms with Crippen molar-refractivity contribution >= 4 is 34.3 Å². The molecule has 4 rings (SSSR count). The minimum atomic E-state index is -0.139. The number of nitrogens with zero attached hydrogens (tertiary/aromatic N) is 4. The number of aromatic nitrogens is 4. The summed E-state index contributed by atoms with van der Waals surface area (Å²) in [4.78, 5) is 18.2. The second kappa shape index (κ2) is 9.24. The van der Waals surface area contributed by atoms with Gasteiger partial charge in [0.15, 0.2) is 5.16 Å². The van der Waals surface area contributed by atoms with Gasteiger partial charge in [-0.15, -0.1) is 10.2 Å². The third-order valence-electron chi connectivity index (χ3n) is 5.27. The molecule has 0 N–H and O–H groups in total. The summed E-state index contributed by atoms with van der Waals surface area (Å²) in [7, 11) is 0. The molecule has 2 aromatic heterocycles. The number of fused-ring (bicyclic) bond motifs is 1. The molecule has 0 amide bonds. The van der Waals surface area contributed by atoms with Crippen LogP contribution in [-0.4, -0.2) is 19.7 Å². The molecular weight excluding hydrogens is 432 g/mol. The van der Waals surface area contributed by atoms with Crippen molar-refractivity contribution in [3.05, 3.63) is 75.2 Å². The first-order chi connectivity index (χ1) is 15.0. The number of hydrogen-bond donors (Lipinski definition) is 0. The molecule has 6 nitrogen and oxygen atoms in total. The summed E-state index contributed by atoms with van der Waals surface area (Å²) < 4.78 is 7.25. The van der Waals surface area contributed by atoms with Gasteiger partial charge in [0, 0.05) is 11.4 Å². The third-order valence-corrected chi connectivity index (χ3v) is 6.43. The summed E-state index contributed by atoms with van der Waals surface area (Å²) in [6, 6.07) is 13.2. The molecule has 2 aromatic carbocycles. The largest absolute Gasteiger partial charge is 0.424 e. The predicted molar refractivity (Wildman–Crippen MR) is 124 cm³/mol. The van der Waals surface area contributed by atoms with Gasteiger partial charge in [-0.2, -0.15) is 0 Å². The fraction of sp³-hybridized carbons (Fsp3) is 0.304. The average molecular weight is 455 g/mol. The fourth-order valence-corrected chi connectivity index (χ4v) is 4.28. The molecule has 8 heteroatoms. The first-order valence-electron chi connectivity index (χ1n) is 10.3. The summed E-state index contributed by atoms with van der Waals surface area (Å²) in [6.45, 7) is 6.32. The third kappa shape index (κ3) is 4.52. The van der Waals surface area contributed by atoms with Crippen molar-refractivity contribution in [3.63, 3.8) is 0 Å². The van der Waals surface area contributed by atoms with Crippen LogP contribution in [0.3, 0.4) is 0 Å². The van der Waals surface area contributed by atoms with Crippen LogP contribution in [0.15, 0.2) is 56.8 Å². The molecule has 0 saturated carbocycles. The summed E-state index contributed by atoms with van der Waals surface area (Å²) in [5.41, 5.74) is 2.43. The van der Waals surface area contributed by atoms with Gasteiger partial charge in [0.1, 0.15) is 0 Å². The maximum absolute atomic E-state index is 13.4. The zero-order chi connectivity index (χ0) is 22.0. The molecule has 31 heavy (non-hydrogen) atoms. The van der Waals surface area contributed by atoms with Gasteiger partial charge in [0.25, 0.3) is 5.56 Å². The van der Waals surface area contributed by atoms with E-state index in [1.165, 1.54) is 17.3 Å². The van der Waals surface area contributed by atoms with E-state index in [9.17, 15) is 4.79 Å². The van der Waals surface area contributed by atoms with Crippen molar-refractivity contribution < 1.29 is 4.42 Å². The van der Waals surface area contributed by atoms with Crippen molar-refractivity contribution in [2.75, 3.05) is 0 Å². The van der Waals surface area contributed by atoms with E-state index < -0.39 is 0 Å². The van der Waals surface area contributed by atoms with Crippen LogP contribution in [0.2, 0.25) is 5.02 Å². The molecule has 0 aliphatic rings. The Morgan fingerprint density at radius 1 is 1.10 bits per heavy atom. The van der Waals surface area contributed by atoms with E-state index in [1.54, 1.807) is 22.8 Å². The molecule has 1 unspecified atom stereocenters. The highest BCUT2D eigenvalue weighted by Gasteiger charge is 2.16. The minimum Gasteiger partial charge on any atom is -0.424 e. The Balaban J connectivity index is 1.79. The monoisotopic (exact) mass is 454 g/mol. The molecule has 0 radical (unpaired) electrons. The molecule has 4 aromatic rings. The smallest absolute Gasteiger partial charge is 0.266 e. The minimum absolute atomic E-state index is 0.139. The lowest BCUT2D eigenvalue weighted by atomic mass is 9.98. The lowest BCUT2D eigenvalue weighted by molar-refractivity contribution is 0.469. The van der Waals surface area contributed by atoms with Crippen molar-refractivity contribution in [1.82, 2.24) is 19.7 Å². The highest BCUT2D eigenvalue weighted by molar-refractivity contribution is 7.98. The fourth-order valence-electron chi connectivity index (χ4n) is 3.27. The lowest BCUT2D eigenvalue weighted by Gasteiger charge is -2.14. The molecule has 0 bridgehead atoms. The number of halogens is 1. The number of benzene rings is 2. The topological polar surface area (TPSA) is 73.8 Å². The average Bonchev–Trinajstić information content (AvgIpc) is 3.25. The van der Waals surface area contributed by atoms with Gasteiger partial charge in [-0.3, -0.25) is 9.36 Å². The molecule has 0 aliphatic carbocycles. The van der Waals surface area contributed by atoms with Gasteiger partial charge in [-0.1, -0.05) is 56.3 Å². The predicted octanol–water partition coefficient (Wildman–Crippen LogP) is 5.79.